The van der Waals surface area contributed by atoms with Crippen LogP contribution in [0, 0.1) is 0 Å². The first-order chi connectivity index (χ1) is 6.88. The summed E-state index contributed by atoms with van der Waals surface area (Å²) in [6, 6.07) is 0. The third-order valence-electron chi connectivity index (χ3n) is 2.06. The average Bonchev–Trinajstić information content (AvgIpc) is 2.26. The van der Waals surface area contributed by atoms with E-state index in [1.165, 1.54) is 0 Å². The first-order valence-electron chi connectivity index (χ1n) is 4.50. The summed E-state index contributed by atoms with van der Waals surface area (Å²) in [4.78, 5) is 23.1. The normalized spacial score (nSPS) is 18.7. The number of carbonyl (C=O) groups is 2. The average molecular weight is 224 g/mol. The zero-order chi connectivity index (χ0) is 11.5. The van der Waals surface area contributed by atoms with Crippen LogP contribution in [-0.4, -0.2) is 42.5 Å². The molecule has 0 bridgehead atoms. The van der Waals surface area contributed by atoms with E-state index in [1.54, 1.807) is 0 Å². The summed E-state index contributed by atoms with van der Waals surface area (Å²) in [6.45, 7) is -0.533. The van der Waals surface area contributed by atoms with Gasteiger partial charge in [-0.15, -0.1) is 0 Å². The van der Waals surface area contributed by atoms with E-state index >= 15 is 0 Å². The third kappa shape index (κ3) is 4.18. The number of nitrogens with one attached hydrogen (secondary N) is 1. The lowest BCUT2D eigenvalue weighted by Gasteiger charge is -2.20. The van der Waals surface area contributed by atoms with Gasteiger partial charge in [0.25, 0.3) is 0 Å². The third-order valence-corrected chi connectivity index (χ3v) is 2.06. The van der Waals surface area contributed by atoms with Gasteiger partial charge in [0.2, 0.25) is 11.8 Å². The van der Waals surface area contributed by atoms with Gasteiger partial charge in [-0.05, 0) is 0 Å². The minimum atomic E-state index is -4.27. The molecule has 0 radical (unpaired) electrons. The van der Waals surface area contributed by atoms with E-state index in [0.717, 1.165) is 4.90 Å². The van der Waals surface area contributed by atoms with Crippen LogP contribution in [0.1, 0.15) is 12.8 Å². The standard InChI is InChI=1S/C8H11F3N2O2/c9-8(10,11)2-4-13-3-1-6(14)12-5-7(13)15/h1-5H2,(H,12,14). The second kappa shape index (κ2) is 4.50. The van der Waals surface area contributed by atoms with Gasteiger partial charge in [0.05, 0.1) is 13.0 Å². The highest BCUT2D eigenvalue weighted by Gasteiger charge is 2.29. The van der Waals surface area contributed by atoms with Crippen molar-refractivity contribution in [3.8, 4) is 0 Å². The lowest BCUT2D eigenvalue weighted by Crippen LogP contribution is -2.37. The lowest BCUT2D eigenvalue weighted by atomic mass is 10.3. The van der Waals surface area contributed by atoms with E-state index in [4.69, 9.17) is 0 Å². The fourth-order valence-electron chi connectivity index (χ4n) is 1.23. The Balaban J connectivity index is 2.46. The molecule has 4 nitrogen and oxygen atoms in total. The van der Waals surface area contributed by atoms with Crippen molar-refractivity contribution in [2.75, 3.05) is 19.6 Å². The predicted octanol–water partition coefficient (Wildman–Crippen LogP) is 0.287. The first kappa shape index (κ1) is 11.8. The number of nitrogens with zero attached hydrogens (tertiary/aromatic N) is 1. The van der Waals surface area contributed by atoms with Crippen molar-refractivity contribution in [1.82, 2.24) is 10.2 Å². The molecule has 0 atom stereocenters. The Morgan fingerprint density at radius 2 is 2.00 bits per heavy atom. The molecule has 1 heterocycles. The Bertz CT molecular complexity index is 265. The van der Waals surface area contributed by atoms with Gasteiger partial charge in [-0.1, -0.05) is 0 Å². The van der Waals surface area contributed by atoms with Crippen LogP contribution in [-0.2, 0) is 9.59 Å². The highest BCUT2D eigenvalue weighted by Crippen LogP contribution is 2.19. The van der Waals surface area contributed by atoms with Crippen LogP contribution in [0.3, 0.4) is 0 Å². The highest BCUT2D eigenvalue weighted by atomic mass is 19.4. The van der Waals surface area contributed by atoms with Crippen molar-refractivity contribution in [1.29, 1.82) is 0 Å². The number of amides is 2. The maximum absolute atomic E-state index is 11.9. The molecule has 1 saturated heterocycles. The Hall–Kier alpha value is -1.27. The van der Waals surface area contributed by atoms with Crippen LogP contribution >= 0.6 is 0 Å². The molecule has 1 rings (SSSR count). The van der Waals surface area contributed by atoms with Crippen molar-refractivity contribution < 1.29 is 22.8 Å². The Morgan fingerprint density at radius 3 is 2.60 bits per heavy atom. The zero-order valence-electron chi connectivity index (χ0n) is 7.93. The fourth-order valence-corrected chi connectivity index (χ4v) is 1.23. The van der Waals surface area contributed by atoms with Crippen molar-refractivity contribution in [2.24, 2.45) is 0 Å². The molecule has 0 saturated carbocycles. The molecule has 1 aliphatic rings. The van der Waals surface area contributed by atoms with Gasteiger partial charge in [-0.25, -0.2) is 0 Å². The van der Waals surface area contributed by atoms with Gasteiger partial charge in [0, 0.05) is 19.5 Å². The summed E-state index contributed by atoms with van der Waals surface area (Å²) >= 11 is 0. The summed E-state index contributed by atoms with van der Waals surface area (Å²) < 4.78 is 35.7. The van der Waals surface area contributed by atoms with Crippen molar-refractivity contribution in [3.63, 3.8) is 0 Å². The molecule has 0 unspecified atom stereocenters. The van der Waals surface area contributed by atoms with E-state index < -0.39 is 18.5 Å². The molecule has 0 aromatic carbocycles. The minimum Gasteiger partial charge on any atom is -0.347 e. The fraction of sp³-hybridized carbons (Fsp3) is 0.750. The van der Waals surface area contributed by atoms with Crippen molar-refractivity contribution >= 4 is 11.8 Å². The molecule has 1 aliphatic heterocycles. The molecule has 0 aromatic heterocycles. The number of alkyl halides is 3. The minimum absolute atomic E-state index is 0.0563. The maximum atomic E-state index is 11.9. The van der Waals surface area contributed by atoms with E-state index in [1.807, 2.05) is 0 Å². The lowest BCUT2D eigenvalue weighted by molar-refractivity contribution is -0.144. The van der Waals surface area contributed by atoms with Gasteiger partial charge in [-0.3, -0.25) is 9.59 Å². The molecular formula is C8H11F3N2O2. The van der Waals surface area contributed by atoms with Crippen LogP contribution in [0.5, 0.6) is 0 Å². The number of rotatable bonds is 2. The van der Waals surface area contributed by atoms with Gasteiger partial charge in [0.1, 0.15) is 0 Å². The molecular weight excluding hydrogens is 213 g/mol. The van der Waals surface area contributed by atoms with E-state index in [2.05, 4.69) is 5.32 Å². The SMILES string of the molecule is O=C1CCN(CCC(F)(F)F)C(=O)CN1. The van der Waals surface area contributed by atoms with E-state index in [-0.39, 0.29) is 32.0 Å². The summed E-state index contributed by atoms with van der Waals surface area (Å²) in [5.74, 6) is -0.775. The number of hydrogen-bond donors (Lipinski definition) is 1. The largest absolute Gasteiger partial charge is 0.390 e. The Labute approximate surface area is 84.4 Å². The second-order valence-corrected chi connectivity index (χ2v) is 3.27. The zero-order valence-corrected chi connectivity index (χ0v) is 7.93. The maximum Gasteiger partial charge on any atom is 0.390 e. The Morgan fingerprint density at radius 1 is 1.33 bits per heavy atom. The van der Waals surface area contributed by atoms with Crippen LogP contribution in [0.25, 0.3) is 0 Å². The summed E-state index contributed by atoms with van der Waals surface area (Å²) in [7, 11) is 0. The van der Waals surface area contributed by atoms with Gasteiger partial charge in [-0.2, -0.15) is 13.2 Å². The summed E-state index contributed by atoms with van der Waals surface area (Å²) in [5.41, 5.74) is 0. The highest BCUT2D eigenvalue weighted by molar-refractivity contribution is 5.87. The van der Waals surface area contributed by atoms with Crippen molar-refractivity contribution in [3.05, 3.63) is 0 Å². The molecule has 86 valence electrons. The summed E-state index contributed by atoms with van der Waals surface area (Å²) in [6.07, 6.45) is -5.25. The predicted molar refractivity (Wildman–Crippen MR) is 44.9 cm³/mol. The van der Waals surface area contributed by atoms with Crippen LogP contribution in [0.2, 0.25) is 0 Å². The van der Waals surface area contributed by atoms with Crippen LogP contribution < -0.4 is 5.32 Å². The smallest absolute Gasteiger partial charge is 0.347 e. The number of carbonyl (C=O) groups excluding carboxylic acids is 2. The van der Waals surface area contributed by atoms with E-state index in [0.29, 0.717) is 0 Å². The molecule has 1 N–H and O–H groups in total. The van der Waals surface area contributed by atoms with Gasteiger partial charge < -0.3 is 10.2 Å². The molecule has 0 aliphatic carbocycles. The van der Waals surface area contributed by atoms with Gasteiger partial charge >= 0.3 is 6.18 Å². The number of halogens is 3. The monoisotopic (exact) mass is 224 g/mol. The molecule has 15 heavy (non-hydrogen) atoms. The summed E-state index contributed by atoms with van der Waals surface area (Å²) in [5, 5.41) is 2.31. The van der Waals surface area contributed by atoms with Crippen LogP contribution in [0.15, 0.2) is 0 Å². The van der Waals surface area contributed by atoms with Crippen molar-refractivity contribution in [2.45, 2.75) is 19.0 Å². The molecule has 2 amide bonds. The molecule has 1 fully saturated rings. The molecule has 0 spiro atoms. The molecule has 7 heteroatoms. The van der Waals surface area contributed by atoms with E-state index in [9.17, 15) is 22.8 Å². The van der Waals surface area contributed by atoms with Crippen LogP contribution in [0.4, 0.5) is 13.2 Å². The quantitative estimate of drug-likeness (QED) is 0.732. The molecule has 0 aromatic rings. The topological polar surface area (TPSA) is 49.4 Å². The Kier molecular flexibility index (Phi) is 3.54. The van der Waals surface area contributed by atoms with Gasteiger partial charge in [0.15, 0.2) is 0 Å². The second-order valence-electron chi connectivity index (χ2n) is 3.27. The number of hydrogen-bond acceptors (Lipinski definition) is 2. The first-order valence-corrected chi connectivity index (χ1v) is 4.50.